The van der Waals surface area contributed by atoms with Gasteiger partial charge in [-0.25, -0.2) is 0 Å². The second kappa shape index (κ2) is 15.8. The predicted octanol–water partition coefficient (Wildman–Crippen LogP) is 3.97. The summed E-state index contributed by atoms with van der Waals surface area (Å²) in [6.45, 7) is 3.11. The first-order valence-electron chi connectivity index (χ1n) is 6.85. The van der Waals surface area contributed by atoms with Crippen molar-refractivity contribution in [1.29, 1.82) is 5.41 Å². The van der Waals surface area contributed by atoms with Crippen LogP contribution >= 0.6 is 17.0 Å². The summed E-state index contributed by atoms with van der Waals surface area (Å²) in [6.07, 6.45) is 13.5. The molecule has 0 aliphatic rings. The first kappa shape index (κ1) is 19.1. The van der Waals surface area contributed by atoms with Crippen LogP contribution in [0, 0.1) is 5.41 Å². The van der Waals surface area contributed by atoms with Crippen LogP contribution in [0.5, 0.6) is 0 Å². The van der Waals surface area contributed by atoms with Crippen molar-refractivity contribution in [3.05, 3.63) is 0 Å². The monoisotopic (exact) mass is 307 g/mol. The number of nitrogens with one attached hydrogen (secondary N) is 2. The topological polar surface area (TPSA) is 61.9 Å². The van der Waals surface area contributed by atoms with Crippen molar-refractivity contribution in [2.24, 2.45) is 5.73 Å². The van der Waals surface area contributed by atoms with Crippen LogP contribution < -0.4 is 11.1 Å². The van der Waals surface area contributed by atoms with Crippen LogP contribution in [-0.2, 0) is 0 Å². The first-order valence-corrected chi connectivity index (χ1v) is 6.85. The standard InChI is InChI=1S/C13H29N3.BrH/c1-2-3-4-5-6-7-8-9-10-11-12-16-13(14)15;/h2-12H2,1H3,(H4,14,15,16);1H. The van der Waals surface area contributed by atoms with Crippen LogP contribution in [-0.4, -0.2) is 12.5 Å². The average molecular weight is 308 g/mol. The zero-order chi connectivity index (χ0) is 12.1. The van der Waals surface area contributed by atoms with Crippen molar-refractivity contribution >= 4 is 22.9 Å². The Bertz CT molecular complexity index is 163. The third-order valence-electron chi connectivity index (χ3n) is 2.85. The van der Waals surface area contributed by atoms with E-state index in [1.165, 1.54) is 57.8 Å². The quantitative estimate of drug-likeness (QED) is 0.307. The number of nitrogens with two attached hydrogens (primary N) is 1. The van der Waals surface area contributed by atoms with Gasteiger partial charge in [0.1, 0.15) is 0 Å². The molecule has 0 radical (unpaired) electrons. The molecule has 0 fully saturated rings. The fraction of sp³-hybridized carbons (Fsp3) is 0.923. The van der Waals surface area contributed by atoms with E-state index in [1.807, 2.05) is 0 Å². The zero-order valence-corrected chi connectivity index (χ0v) is 13.0. The Balaban J connectivity index is 0. The van der Waals surface area contributed by atoms with Gasteiger partial charge in [-0.15, -0.1) is 17.0 Å². The lowest BCUT2D eigenvalue weighted by Gasteiger charge is -2.03. The summed E-state index contributed by atoms with van der Waals surface area (Å²) in [5.74, 6) is 0.0934. The normalized spacial score (nSPS) is 9.71. The molecule has 0 rings (SSSR count). The minimum atomic E-state index is 0. The zero-order valence-electron chi connectivity index (χ0n) is 11.3. The number of halogens is 1. The van der Waals surface area contributed by atoms with E-state index in [-0.39, 0.29) is 22.9 Å². The molecule has 104 valence electrons. The summed E-state index contributed by atoms with van der Waals surface area (Å²) in [4.78, 5) is 0. The minimum absolute atomic E-state index is 0. The molecular formula is C13H30BrN3. The molecule has 17 heavy (non-hydrogen) atoms. The van der Waals surface area contributed by atoms with E-state index in [9.17, 15) is 0 Å². The van der Waals surface area contributed by atoms with Crippen molar-refractivity contribution in [2.45, 2.75) is 71.1 Å². The Labute approximate surface area is 117 Å². The van der Waals surface area contributed by atoms with E-state index in [0.29, 0.717) is 0 Å². The molecule has 0 aromatic heterocycles. The van der Waals surface area contributed by atoms with Gasteiger partial charge in [-0.1, -0.05) is 64.7 Å². The van der Waals surface area contributed by atoms with Gasteiger partial charge < -0.3 is 11.1 Å². The predicted molar refractivity (Wildman–Crippen MR) is 82.1 cm³/mol. The van der Waals surface area contributed by atoms with Gasteiger partial charge in [0.15, 0.2) is 5.96 Å². The van der Waals surface area contributed by atoms with Crippen LogP contribution in [0.2, 0.25) is 0 Å². The molecule has 0 spiro atoms. The van der Waals surface area contributed by atoms with Gasteiger partial charge in [-0.2, -0.15) is 0 Å². The van der Waals surface area contributed by atoms with Gasteiger partial charge in [0.25, 0.3) is 0 Å². The highest BCUT2D eigenvalue weighted by atomic mass is 79.9. The maximum atomic E-state index is 6.99. The highest BCUT2D eigenvalue weighted by Crippen LogP contribution is 2.10. The fourth-order valence-corrected chi connectivity index (χ4v) is 1.84. The van der Waals surface area contributed by atoms with E-state index in [2.05, 4.69) is 12.2 Å². The molecule has 0 aliphatic heterocycles. The molecule has 0 bridgehead atoms. The molecule has 3 nitrogen and oxygen atoms in total. The second-order valence-electron chi connectivity index (χ2n) is 4.52. The summed E-state index contributed by atoms with van der Waals surface area (Å²) >= 11 is 0. The van der Waals surface area contributed by atoms with E-state index in [0.717, 1.165) is 13.0 Å². The second-order valence-corrected chi connectivity index (χ2v) is 4.52. The van der Waals surface area contributed by atoms with Gasteiger partial charge in [0, 0.05) is 6.54 Å². The SMILES string of the molecule is Br.CCCCCCCCCCCCNC(=N)N. The molecule has 0 amide bonds. The van der Waals surface area contributed by atoms with Gasteiger partial charge in [-0.3, -0.25) is 5.41 Å². The highest BCUT2D eigenvalue weighted by Gasteiger charge is 1.92. The van der Waals surface area contributed by atoms with E-state index in [4.69, 9.17) is 11.1 Å². The molecule has 0 aromatic carbocycles. The lowest BCUT2D eigenvalue weighted by Crippen LogP contribution is -2.30. The van der Waals surface area contributed by atoms with E-state index in [1.54, 1.807) is 0 Å². The lowest BCUT2D eigenvalue weighted by molar-refractivity contribution is 0.554. The molecule has 4 heteroatoms. The number of guanidine groups is 1. The average Bonchev–Trinajstić information content (AvgIpc) is 2.25. The number of hydrogen-bond acceptors (Lipinski definition) is 1. The summed E-state index contributed by atoms with van der Waals surface area (Å²) in [6, 6.07) is 0. The molecule has 0 aromatic rings. The summed E-state index contributed by atoms with van der Waals surface area (Å²) < 4.78 is 0. The van der Waals surface area contributed by atoms with Crippen molar-refractivity contribution in [1.82, 2.24) is 5.32 Å². The van der Waals surface area contributed by atoms with Crippen molar-refractivity contribution in [2.75, 3.05) is 6.54 Å². The van der Waals surface area contributed by atoms with Gasteiger partial charge >= 0.3 is 0 Å². The van der Waals surface area contributed by atoms with Crippen LogP contribution in [0.4, 0.5) is 0 Å². The van der Waals surface area contributed by atoms with Crippen LogP contribution in [0.15, 0.2) is 0 Å². The largest absolute Gasteiger partial charge is 0.370 e. The summed E-state index contributed by atoms with van der Waals surface area (Å²) in [7, 11) is 0. The van der Waals surface area contributed by atoms with Crippen molar-refractivity contribution in [3.8, 4) is 0 Å². The Morgan fingerprint density at radius 2 is 1.29 bits per heavy atom. The van der Waals surface area contributed by atoms with Crippen LogP contribution in [0.1, 0.15) is 71.1 Å². The third-order valence-corrected chi connectivity index (χ3v) is 2.85. The van der Waals surface area contributed by atoms with Crippen LogP contribution in [0.25, 0.3) is 0 Å². The number of rotatable bonds is 11. The lowest BCUT2D eigenvalue weighted by atomic mass is 10.1. The van der Waals surface area contributed by atoms with E-state index >= 15 is 0 Å². The maximum absolute atomic E-state index is 6.99. The summed E-state index contributed by atoms with van der Waals surface area (Å²) in [5, 5.41) is 9.82. The molecule has 0 saturated carbocycles. The van der Waals surface area contributed by atoms with Crippen molar-refractivity contribution < 1.29 is 0 Å². The molecule has 4 N–H and O–H groups in total. The minimum Gasteiger partial charge on any atom is -0.370 e. The number of unbranched alkanes of at least 4 members (excludes halogenated alkanes) is 9. The van der Waals surface area contributed by atoms with Crippen molar-refractivity contribution in [3.63, 3.8) is 0 Å². The molecule has 0 unspecified atom stereocenters. The van der Waals surface area contributed by atoms with Gasteiger partial charge in [0.2, 0.25) is 0 Å². The highest BCUT2D eigenvalue weighted by molar-refractivity contribution is 8.93. The maximum Gasteiger partial charge on any atom is 0.185 e. The molecule has 0 atom stereocenters. The molecule has 0 saturated heterocycles. The first-order chi connectivity index (χ1) is 7.77. The number of hydrogen-bond donors (Lipinski definition) is 3. The van der Waals surface area contributed by atoms with Gasteiger partial charge in [-0.05, 0) is 6.42 Å². The Hall–Kier alpha value is -0.250. The van der Waals surface area contributed by atoms with E-state index < -0.39 is 0 Å². The van der Waals surface area contributed by atoms with Gasteiger partial charge in [0.05, 0.1) is 0 Å². The molecule has 0 heterocycles. The molecule has 0 aliphatic carbocycles. The summed E-state index contributed by atoms with van der Waals surface area (Å²) in [5.41, 5.74) is 5.18. The Morgan fingerprint density at radius 3 is 1.71 bits per heavy atom. The Kier molecular flexibility index (Phi) is 17.7. The Morgan fingerprint density at radius 1 is 0.882 bits per heavy atom. The van der Waals surface area contributed by atoms with Crippen LogP contribution in [0.3, 0.4) is 0 Å². The smallest absolute Gasteiger partial charge is 0.185 e. The fourth-order valence-electron chi connectivity index (χ4n) is 1.84. The molecular weight excluding hydrogens is 278 g/mol. The third kappa shape index (κ3) is 18.3.